The van der Waals surface area contributed by atoms with E-state index in [9.17, 15) is 14.4 Å². The van der Waals surface area contributed by atoms with Crippen LogP contribution in [0.25, 0.3) is 0 Å². The topological polar surface area (TPSA) is 124 Å². The number of nitrogens with one attached hydrogen (secondary N) is 1. The van der Waals surface area contributed by atoms with Crippen molar-refractivity contribution in [2.45, 2.75) is 67.1 Å². The van der Waals surface area contributed by atoms with E-state index in [4.69, 9.17) is 15.2 Å². The fraction of sp³-hybridized carbons (Fsp3) is 0.667. The van der Waals surface area contributed by atoms with Crippen LogP contribution in [0.1, 0.15) is 51.1 Å². The van der Waals surface area contributed by atoms with E-state index in [0.29, 0.717) is 29.3 Å². The van der Waals surface area contributed by atoms with E-state index in [0.717, 1.165) is 18.2 Å². The number of carbonyl (C=O) groups is 2. The molecule has 0 saturated carbocycles. The number of aromatic nitrogens is 2. The number of esters is 1. The number of hydrogen-bond acceptors (Lipinski definition) is 9. The van der Waals surface area contributed by atoms with Crippen molar-refractivity contribution in [3.8, 4) is 0 Å². The molecule has 154 valence electrons. The van der Waals surface area contributed by atoms with Gasteiger partial charge in [0, 0.05) is 5.25 Å². The molecule has 2 aliphatic rings. The van der Waals surface area contributed by atoms with Crippen LogP contribution in [0.5, 0.6) is 0 Å². The third-order valence-corrected chi connectivity index (χ3v) is 7.96. The molecular formula is C18H25N3O5S2. The summed E-state index contributed by atoms with van der Waals surface area (Å²) < 4.78 is 11.0. The third-order valence-electron chi connectivity index (χ3n) is 5.22. The summed E-state index contributed by atoms with van der Waals surface area (Å²) in [7, 11) is 1.38. The molecule has 0 aliphatic carbocycles. The van der Waals surface area contributed by atoms with Gasteiger partial charge in [0.15, 0.2) is 0 Å². The van der Waals surface area contributed by atoms with Gasteiger partial charge in [-0.2, -0.15) is 0 Å². The maximum Gasteiger partial charge on any atom is 0.306 e. The summed E-state index contributed by atoms with van der Waals surface area (Å²) in [6.07, 6.45) is 2.17. The summed E-state index contributed by atoms with van der Waals surface area (Å²) >= 11 is 2.59. The van der Waals surface area contributed by atoms with Crippen molar-refractivity contribution < 1.29 is 19.1 Å². The van der Waals surface area contributed by atoms with E-state index in [-0.39, 0.29) is 45.8 Å². The lowest BCUT2D eigenvalue weighted by atomic mass is 9.96. The molecule has 5 atom stereocenters. The summed E-state index contributed by atoms with van der Waals surface area (Å²) in [6.45, 7) is 4.23. The van der Waals surface area contributed by atoms with E-state index >= 15 is 0 Å². The Morgan fingerprint density at radius 2 is 2.14 bits per heavy atom. The minimum Gasteiger partial charge on any atom is -0.469 e. The minimum atomic E-state index is -0.486. The number of anilines is 1. The van der Waals surface area contributed by atoms with Gasteiger partial charge in [-0.3, -0.25) is 19.4 Å². The van der Waals surface area contributed by atoms with Crippen LogP contribution in [0.15, 0.2) is 9.69 Å². The molecule has 2 aliphatic heterocycles. The van der Waals surface area contributed by atoms with Gasteiger partial charge in [0.25, 0.3) is 5.56 Å². The molecule has 0 aromatic carbocycles. The van der Waals surface area contributed by atoms with Crippen LogP contribution in [0, 0.1) is 5.92 Å². The van der Waals surface area contributed by atoms with Crippen molar-refractivity contribution in [3.05, 3.63) is 16.0 Å². The van der Waals surface area contributed by atoms with Gasteiger partial charge < -0.3 is 15.2 Å². The van der Waals surface area contributed by atoms with Crippen molar-refractivity contribution >= 4 is 40.6 Å². The smallest absolute Gasteiger partial charge is 0.306 e. The Morgan fingerprint density at radius 3 is 2.82 bits per heavy atom. The van der Waals surface area contributed by atoms with E-state index < -0.39 is 5.92 Å². The summed E-state index contributed by atoms with van der Waals surface area (Å²) in [5.74, 6) is -0.383. The van der Waals surface area contributed by atoms with Crippen molar-refractivity contribution in [1.82, 2.24) is 9.97 Å². The van der Waals surface area contributed by atoms with Gasteiger partial charge in [-0.25, -0.2) is 4.98 Å². The predicted octanol–water partition coefficient (Wildman–Crippen LogP) is 2.28. The molecule has 1 aromatic rings. The zero-order valence-electron chi connectivity index (χ0n) is 16.1. The molecule has 3 N–H and O–H groups in total. The standard InChI is InChI=1S/C18H25N3O5S2/c1-4-8(2)17-26-10(11(27-17)7-12(22)25-3)6-5-9-13-14(28-16(9)24)15(23)21-18(19)20-13/h8-11,17H,4-7H2,1-3H3,(H3,19,20,21,23)/t8-,9?,10-,11-,17?/m0/s1. The van der Waals surface area contributed by atoms with E-state index in [1.165, 1.54) is 7.11 Å². The lowest BCUT2D eigenvalue weighted by molar-refractivity contribution is -0.141. The molecule has 3 rings (SSSR count). The Hall–Kier alpha value is -1.52. The molecule has 2 unspecified atom stereocenters. The van der Waals surface area contributed by atoms with Gasteiger partial charge in [0.05, 0.1) is 31.2 Å². The number of nitrogen functional groups attached to an aromatic ring is 1. The molecular weight excluding hydrogens is 402 g/mol. The zero-order chi connectivity index (χ0) is 20.4. The van der Waals surface area contributed by atoms with Crippen molar-refractivity contribution in [2.24, 2.45) is 5.92 Å². The average Bonchev–Trinajstić information content (AvgIpc) is 3.20. The fourth-order valence-electron chi connectivity index (χ4n) is 3.40. The number of nitrogens with two attached hydrogens (primary N) is 1. The van der Waals surface area contributed by atoms with Gasteiger partial charge in [-0.05, 0) is 30.5 Å². The maximum absolute atomic E-state index is 12.4. The van der Waals surface area contributed by atoms with Crippen LogP contribution >= 0.6 is 23.5 Å². The number of carbonyl (C=O) groups excluding carboxylic acids is 2. The largest absolute Gasteiger partial charge is 0.469 e. The number of thioether (sulfide) groups is 2. The Labute approximate surface area is 171 Å². The van der Waals surface area contributed by atoms with Gasteiger partial charge >= 0.3 is 5.97 Å². The fourth-order valence-corrected chi connectivity index (χ4v) is 6.02. The number of hydrogen-bond donors (Lipinski definition) is 2. The van der Waals surface area contributed by atoms with Crippen LogP contribution in [0.2, 0.25) is 0 Å². The Morgan fingerprint density at radius 1 is 1.39 bits per heavy atom. The molecule has 1 aromatic heterocycles. The normalized spacial score (nSPS) is 27.6. The lowest BCUT2D eigenvalue weighted by Gasteiger charge is -2.19. The molecule has 10 heteroatoms. The molecule has 28 heavy (non-hydrogen) atoms. The van der Waals surface area contributed by atoms with Crippen LogP contribution in [-0.4, -0.2) is 45.0 Å². The summed E-state index contributed by atoms with van der Waals surface area (Å²) in [5, 5.41) is -0.125. The molecule has 0 bridgehead atoms. The highest BCUT2D eigenvalue weighted by atomic mass is 32.2. The minimum absolute atomic E-state index is 0.0112. The van der Waals surface area contributed by atoms with Gasteiger partial charge in [-0.15, -0.1) is 11.8 Å². The lowest BCUT2D eigenvalue weighted by Crippen LogP contribution is -2.25. The predicted molar refractivity (Wildman–Crippen MR) is 108 cm³/mol. The number of fused-ring (bicyclic) bond motifs is 1. The molecule has 3 heterocycles. The molecule has 0 spiro atoms. The molecule has 0 radical (unpaired) electrons. The van der Waals surface area contributed by atoms with Crippen LogP contribution in [0.4, 0.5) is 5.95 Å². The van der Waals surface area contributed by atoms with E-state index in [2.05, 4.69) is 23.8 Å². The molecule has 0 amide bonds. The first-order valence-electron chi connectivity index (χ1n) is 9.33. The molecule has 8 nitrogen and oxygen atoms in total. The van der Waals surface area contributed by atoms with Crippen LogP contribution in [0.3, 0.4) is 0 Å². The Balaban J connectivity index is 1.72. The van der Waals surface area contributed by atoms with Crippen molar-refractivity contribution in [2.75, 3.05) is 12.8 Å². The number of aromatic amines is 1. The Kier molecular flexibility index (Phi) is 6.72. The molecule has 1 saturated heterocycles. The number of H-pyrrole nitrogens is 1. The van der Waals surface area contributed by atoms with Crippen molar-refractivity contribution in [1.29, 1.82) is 0 Å². The second-order valence-electron chi connectivity index (χ2n) is 7.10. The number of rotatable bonds is 7. The Bertz CT molecular complexity index is 815. The van der Waals surface area contributed by atoms with Gasteiger partial charge in [0.2, 0.25) is 11.1 Å². The van der Waals surface area contributed by atoms with Crippen molar-refractivity contribution in [3.63, 3.8) is 0 Å². The highest BCUT2D eigenvalue weighted by Crippen LogP contribution is 2.44. The van der Waals surface area contributed by atoms with Gasteiger partial charge in [0.1, 0.15) is 10.3 Å². The van der Waals surface area contributed by atoms with Crippen LogP contribution in [-0.2, 0) is 19.1 Å². The first-order valence-corrected chi connectivity index (χ1v) is 11.1. The number of ether oxygens (including phenoxy) is 2. The number of nitrogens with zero attached hydrogens (tertiary/aromatic N) is 1. The summed E-state index contributed by atoms with van der Waals surface area (Å²) in [5.41, 5.74) is 5.74. The SMILES string of the molecule is CC[C@H](C)C1O[C@@H](CCC2C(=O)Sc3c2nc(N)[nH]c3=O)[C@H](CC(=O)OC)S1. The first kappa shape index (κ1) is 21.2. The van der Waals surface area contributed by atoms with Crippen LogP contribution < -0.4 is 11.3 Å². The average molecular weight is 428 g/mol. The first-order chi connectivity index (χ1) is 13.3. The van der Waals surface area contributed by atoms with E-state index in [1.54, 1.807) is 11.8 Å². The second-order valence-corrected chi connectivity index (χ2v) is 9.46. The second kappa shape index (κ2) is 8.87. The number of methoxy groups -OCH3 is 1. The highest BCUT2D eigenvalue weighted by molar-refractivity contribution is 8.14. The maximum atomic E-state index is 12.4. The highest BCUT2D eigenvalue weighted by Gasteiger charge is 2.41. The van der Waals surface area contributed by atoms with E-state index in [1.807, 2.05) is 0 Å². The third kappa shape index (κ3) is 4.38. The summed E-state index contributed by atoms with van der Waals surface area (Å²) in [4.78, 5) is 43.2. The summed E-state index contributed by atoms with van der Waals surface area (Å²) in [6, 6.07) is 0. The quantitative estimate of drug-likeness (QED) is 0.630. The monoisotopic (exact) mass is 427 g/mol. The molecule has 1 fully saturated rings. The van der Waals surface area contributed by atoms with Gasteiger partial charge in [-0.1, -0.05) is 20.3 Å². The zero-order valence-corrected chi connectivity index (χ0v) is 17.7.